The minimum atomic E-state index is -0.287. The highest BCUT2D eigenvalue weighted by Crippen LogP contribution is 2.28. The number of nitrogens with one attached hydrogen (secondary N) is 2. The van der Waals surface area contributed by atoms with Gasteiger partial charge < -0.3 is 15.4 Å². The lowest BCUT2D eigenvalue weighted by atomic mass is 10.0. The van der Waals surface area contributed by atoms with Crippen LogP contribution in [0.2, 0.25) is 0 Å². The standard InChI is InChI=1S/C25H20BrN3O3/c1-15-10-17(26)13-18(11-15)29-24(30)22-5-3-4-16-12-19(6-7-21(16)22)32-20-8-9-28-23(14-20)25(31)27-2/h3-14H,1-2H3,(H,27,31)(H,29,30). The van der Waals surface area contributed by atoms with Crippen LogP contribution in [0.15, 0.2) is 77.4 Å². The summed E-state index contributed by atoms with van der Waals surface area (Å²) in [4.78, 5) is 28.8. The van der Waals surface area contributed by atoms with Crippen molar-refractivity contribution in [1.82, 2.24) is 10.3 Å². The second-order valence-electron chi connectivity index (χ2n) is 7.22. The first-order valence-corrected chi connectivity index (χ1v) is 10.7. The zero-order chi connectivity index (χ0) is 22.7. The van der Waals surface area contributed by atoms with Gasteiger partial charge in [0.25, 0.3) is 11.8 Å². The van der Waals surface area contributed by atoms with Crippen molar-refractivity contribution >= 4 is 44.2 Å². The van der Waals surface area contributed by atoms with E-state index >= 15 is 0 Å². The van der Waals surface area contributed by atoms with Crippen molar-refractivity contribution in [2.24, 2.45) is 0 Å². The van der Waals surface area contributed by atoms with Crippen molar-refractivity contribution in [3.05, 3.63) is 94.2 Å². The molecule has 0 saturated heterocycles. The highest BCUT2D eigenvalue weighted by molar-refractivity contribution is 9.10. The van der Waals surface area contributed by atoms with Crippen molar-refractivity contribution in [1.29, 1.82) is 0 Å². The van der Waals surface area contributed by atoms with Crippen molar-refractivity contribution < 1.29 is 14.3 Å². The molecule has 32 heavy (non-hydrogen) atoms. The Bertz CT molecular complexity index is 1320. The van der Waals surface area contributed by atoms with Gasteiger partial charge in [0, 0.05) is 35.0 Å². The van der Waals surface area contributed by atoms with E-state index < -0.39 is 0 Å². The van der Waals surface area contributed by atoms with Crippen molar-refractivity contribution in [3.63, 3.8) is 0 Å². The van der Waals surface area contributed by atoms with Gasteiger partial charge >= 0.3 is 0 Å². The molecular formula is C25H20BrN3O3. The van der Waals surface area contributed by atoms with E-state index in [2.05, 4.69) is 31.5 Å². The fraction of sp³-hybridized carbons (Fsp3) is 0.0800. The number of fused-ring (bicyclic) bond motifs is 1. The van der Waals surface area contributed by atoms with Gasteiger partial charge in [-0.15, -0.1) is 0 Å². The molecule has 0 fully saturated rings. The predicted molar refractivity (Wildman–Crippen MR) is 128 cm³/mol. The lowest BCUT2D eigenvalue weighted by molar-refractivity contribution is 0.0957. The number of hydrogen-bond acceptors (Lipinski definition) is 4. The SMILES string of the molecule is CNC(=O)c1cc(Oc2ccc3c(C(=O)Nc4cc(C)cc(Br)c4)cccc3c2)ccn1. The summed E-state index contributed by atoms with van der Waals surface area (Å²) >= 11 is 3.46. The molecule has 1 heterocycles. The number of aromatic nitrogens is 1. The molecular weight excluding hydrogens is 470 g/mol. The molecule has 4 rings (SSSR count). The number of amides is 2. The molecule has 1 aromatic heterocycles. The van der Waals surface area contributed by atoms with Crippen LogP contribution in [0.3, 0.4) is 0 Å². The molecule has 0 spiro atoms. The third kappa shape index (κ3) is 4.78. The van der Waals surface area contributed by atoms with Gasteiger partial charge in [0.05, 0.1) is 0 Å². The fourth-order valence-electron chi connectivity index (χ4n) is 3.39. The molecule has 0 aliphatic rings. The van der Waals surface area contributed by atoms with Crippen LogP contribution in [0, 0.1) is 6.92 Å². The average molecular weight is 490 g/mol. The summed E-state index contributed by atoms with van der Waals surface area (Å²) in [6, 6.07) is 20.1. The van der Waals surface area contributed by atoms with Crippen LogP contribution in [0.5, 0.6) is 11.5 Å². The molecule has 0 saturated carbocycles. The molecule has 0 radical (unpaired) electrons. The molecule has 0 aliphatic heterocycles. The Hall–Kier alpha value is -3.71. The van der Waals surface area contributed by atoms with E-state index in [4.69, 9.17) is 4.74 Å². The van der Waals surface area contributed by atoms with E-state index in [9.17, 15) is 9.59 Å². The number of carbonyl (C=O) groups is 2. The van der Waals surface area contributed by atoms with E-state index in [0.717, 1.165) is 26.5 Å². The molecule has 6 nitrogen and oxygen atoms in total. The molecule has 2 amide bonds. The summed E-state index contributed by atoms with van der Waals surface area (Å²) in [6.45, 7) is 1.97. The largest absolute Gasteiger partial charge is 0.457 e. The van der Waals surface area contributed by atoms with Crippen molar-refractivity contribution in [3.8, 4) is 11.5 Å². The van der Waals surface area contributed by atoms with Crippen LogP contribution in [0.25, 0.3) is 10.8 Å². The lowest BCUT2D eigenvalue weighted by Crippen LogP contribution is -2.18. The Labute approximate surface area is 193 Å². The first kappa shape index (κ1) is 21.5. The second kappa shape index (κ2) is 9.20. The van der Waals surface area contributed by atoms with Crippen LogP contribution in [0.4, 0.5) is 5.69 Å². The summed E-state index contributed by atoms with van der Waals surface area (Å²) in [5.41, 5.74) is 2.61. The first-order valence-electron chi connectivity index (χ1n) is 9.90. The fourth-order valence-corrected chi connectivity index (χ4v) is 4.00. The number of halogens is 1. The van der Waals surface area contributed by atoms with Crippen molar-refractivity contribution in [2.75, 3.05) is 12.4 Å². The molecule has 4 aromatic rings. The Morgan fingerprint density at radius 1 is 0.938 bits per heavy atom. The highest BCUT2D eigenvalue weighted by Gasteiger charge is 2.12. The Balaban J connectivity index is 1.60. The molecule has 0 aliphatic carbocycles. The minimum absolute atomic E-state index is 0.189. The maximum atomic E-state index is 13.0. The predicted octanol–water partition coefficient (Wildman–Crippen LogP) is 5.71. The lowest BCUT2D eigenvalue weighted by Gasteiger charge is -2.11. The summed E-state index contributed by atoms with van der Waals surface area (Å²) in [7, 11) is 1.55. The number of rotatable bonds is 5. The number of benzene rings is 3. The van der Waals surface area contributed by atoms with Crippen LogP contribution in [-0.4, -0.2) is 23.8 Å². The summed E-state index contributed by atoms with van der Waals surface area (Å²) in [5.74, 6) is 0.611. The minimum Gasteiger partial charge on any atom is -0.457 e. The van der Waals surface area contributed by atoms with Gasteiger partial charge in [-0.1, -0.05) is 28.1 Å². The third-order valence-electron chi connectivity index (χ3n) is 4.82. The van der Waals surface area contributed by atoms with Crippen LogP contribution >= 0.6 is 15.9 Å². The monoisotopic (exact) mass is 489 g/mol. The van der Waals surface area contributed by atoms with Gasteiger partial charge in [-0.3, -0.25) is 14.6 Å². The van der Waals surface area contributed by atoms with E-state index in [0.29, 0.717) is 17.1 Å². The van der Waals surface area contributed by atoms with Crippen LogP contribution in [0.1, 0.15) is 26.4 Å². The number of aryl methyl sites for hydroxylation is 1. The van der Waals surface area contributed by atoms with Gasteiger partial charge in [0.1, 0.15) is 17.2 Å². The quantitative estimate of drug-likeness (QED) is 0.376. The van der Waals surface area contributed by atoms with Gasteiger partial charge in [-0.05, 0) is 71.8 Å². The van der Waals surface area contributed by atoms with E-state index in [-0.39, 0.29) is 17.5 Å². The summed E-state index contributed by atoms with van der Waals surface area (Å²) < 4.78 is 6.82. The molecule has 0 atom stereocenters. The van der Waals surface area contributed by atoms with Gasteiger partial charge in [0.2, 0.25) is 0 Å². The van der Waals surface area contributed by atoms with Gasteiger partial charge in [-0.25, -0.2) is 0 Å². The maximum absolute atomic E-state index is 13.0. The number of pyridine rings is 1. The van der Waals surface area contributed by atoms with Crippen LogP contribution < -0.4 is 15.4 Å². The number of nitrogens with zero attached hydrogens (tertiary/aromatic N) is 1. The zero-order valence-corrected chi connectivity index (χ0v) is 19.1. The molecule has 160 valence electrons. The average Bonchev–Trinajstić information content (AvgIpc) is 2.77. The van der Waals surface area contributed by atoms with Gasteiger partial charge in [-0.2, -0.15) is 0 Å². The zero-order valence-electron chi connectivity index (χ0n) is 17.5. The number of hydrogen-bond donors (Lipinski definition) is 2. The van der Waals surface area contributed by atoms with Crippen LogP contribution in [-0.2, 0) is 0 Å². The molecule has 2 N–H and O–H groups in total. The second-order valence-corrected chi connectivity index (χ2v) is 8.13. The van der Waals surface area contributed by atoms with E-state index in [1.807, 2.05) is 49.4 Å². The summed E-state index contributed by atoms with van der Waals surface area (Å²) in [6.07, 6.45) is 1.52. The van der Waals surface area contributed by atoms with Gasteiger partial charge in [0.15, 0.2) is 0 Å². The molecule has 0 bridgehead atoms. The smallest absolute Gasteiger partial charge is 0.269 e. The molecule has 3 aromatic carbocycles. The highest BCUT2D eigenvalue weighted by atomic mass is 79.9. The number of carbonyl (C=O) groups excluding carboxylic acids is 2. The topological polar surface area (TPSA) is 80.3 Å². The van der Waals surface area contributed by atoms with E-state index in [1.165, 1.54) is 6.20 Å². The molecule has 0 unspecified atom stereocenters. The maximum Gasteiger partial charge on any atom is 0.269 e. The Morgan fingerprint density at radius 3 is 2.53 bits per heavy atom. The first-order chi connectivity index (χ1) is 15.4. The Morgan fingerprint density at radius 2 is 1.75 bits per heavy atom. The Kier molecular flexibility index (Phi) is 6.18. The summed E-state index contributed by atoms with van der Waals surface area (Å²) in [5, 5.41) is 7.18. The third-order valence-corrected chi connectivity index (χ3v) is 5.28. The molecule has 7 heteroatoms. The number of ether oxygens (including phenoxy) is 1. The van der Waals surface area contributed by atoms with Crippen molar-refractivity contribution in [2.45, 2.75) is 6.92 Å². The normalized spacial score (nSPS) is 10.6. The number of anilines is 1. The van der Waals surface area contributed by atoms with E-state index in [1.54, 1.807) is 31.3 Å².